The molecule has 0 aliphatic rings. The highest BCUT2D eigenvalue weighted by Gasteiger charge is 2.41. The van der Waals surface area contributed by atoms with Gasteiger partial charge < -0.3 is 34.0 Å². The van der Waals surface area contributed by atoms with Gasteiger partial charge >= 0.3 is 13.6 Å². The second kappa shape index (κ2) is 22.6. The Morgan fingerprint density at radius 1 is 0.846 bits per heavy atom. The molecule has 4 N–H and O–H groups in total. The van der Waals surface area contributed by atoms with Gasteiger partial charge in [0.15, 0.2) is 12.1 Å². The second-order valence-corrected chi connectivity index (χ2v) is 13.1. The van der Waals surface area contributed by atoms with Gasteiger partial charge in [0, 0.05) is 12.8 Å². The maximum atomic E-state index is 12.6. The van der Waals surface area contributed by atoms with Gasteiger partial charge in [0.1, 0.15) is 12.7 Å². The first-order valence-corrected chi connectivity index (χ1v) is 16.4. The van der Waals surface area contributed by atoms with E-state index in [-0.39, 0.29) is 30.5 Å². The van der Waals surface area contributed by atoms with Gasteiger partial charge in [-0.05, 0) is 64.7 Å². The van der Waals surface area contributed by atoms with Gasteiger partial charge in [0.2, 0.25) is 0 Å². The van der Waals surface area contributed by atoms with E-state index >= 15 is 0 Å². The van der Waals surface area contributed by atoms with Gasteiger partial charge in [-0.25, -0.2) is 0 Å². The fraction of sp³-hybridized carbons (Fsp3) is 0.828. The number of aliphatic hydroxyl groups is 3. The molecule has 0 rings (SSSR count). The summed E-state index contributed by atoms with van der Waals surface area (Å²) < 4.78 is 22.8. The Labute approximate surface area is 237 Å². The zero-order chi connectivity index (χ0) is 29.6. The number of quaternary nitrogens is 1. The van der Waals surface area contributed by atoms with Crippen LogP contribution in [-0.2, 0) is 18.6 Å². The van der Waals surface area contributed by atoms with E-state index in [1.807, 2.05) is 0 Å². The van der Waals surface area contributed by atoms with Crippen LogP contribution in [0.3, 0.4) is 0 Å². The summed E-state index contributed by atoms with van der Waals surface area (Å²) >= 11 is 0. The van der Waals surface area contributed by atoms with Gasteiger partial charge in [0.25, 0.3) is 0 Å². The van der Waals surface area contributed by atoms with Gasteiger partial charge in [-0.3, -0.25) is 9.36 Å². The number of allylic oxidation sites excluding steroid dienone is 4. The maximum absolute atomic E-state index is 12.6. The molecule has 2 unspecified atom stereocenters. The van der Waals surface area contributed by atoms with Crippen molar-refractivity contribution in [1.29, 1.82) is 0 Å². The minimum Gasteiger partial charge on any atom is -0.463 e. The SMILES string of the molecule is CCCCCC/C=C\CCCC/C=C\CCCCC(=O)OC[C@@H](O)COP(=O)(O)C(C)[N+](C)(C)CCC(O)O. The van der Waals surface area contributed by atoms with Gasteiger partial charge in [-0.1, -0.05) is 50.5 Å². The van der Waals surface area contributed by atoms with Crippen molar-refractivity contribution in [1.82, 2.24) is 0 Å². The molecule has 10 heteroatoms. The lowest BCUT2D eigenvalue weighted by Gasteiger charge is -2.37. The molecule has 0 amide bonds. The summed E-state index contributed by atoms with van der Waals surface area (Å²) in [6.07, 6.45) is 20.1. The topological polar surface area (TPSA) is 134 Å². The van der Waals surface area contributed by atoms with Gasteiger partial charge in [-0.15, -0.1) is 0 Å². The van der Waals surface area contributed by atoms with Crippen LogP contribution in [0.4, 0.5) is 0 Å². The number of esters is 1. The lowest BCUT2D eigenvalue weighted by atomic mass is 10.1. The van der Waals surface area contributed by atoms with Gasteiger partial charge in [-0.2, -0.15) is 0 Å². The molecule has 39 heavy (non-hydrogen) atoms. The first-order valence-electron chi connectivity index (χ1n) is 14.7. The summed E-state index contributed by atoms with van der Waals surface area (Å²) in [6, 6.07) is 0. The van der Waals surface area contributed by atoms with E-state index < -0.39 is 38.3 Å². The zero-order valence-corrected chi connectivity index (χ0v) is 25.8. The van der Waals surface area contributed by atoms with Crippen molar-refractivity contribution in [3.05, 3.63) is 24.3 Å². The Balaban J connectivity index is 3.88. The van der Waals surface area contributed by atoms with E-state index in [2.05, 4.69) is 31.2 Å². The van der Waals surface area contributed by atoms with Crippen LogP contribution in [0, 0.1) is 0 Å². The smallest absolute Gasteiger partial charge is 0.384 e. The third-order valence-electron chi connectivity index (χ3n) is 6.89. The first-order chi connectivity index (χ1) is 18.4. The van der Waals surface area contributed by atoms with Crippen LogP contribution < -0.4 is 0 Å². The summed E-state index contributed by atoms with van der Waals surface area (Å²) in [7, 11) is -0.746. The lowest BCUT2D eigenvalue weighted by Crippen LogP contribution is -2.48. The third-order valence-corrected chi connectivity index (χ3v) is 8.98. The number of hydrogen-bond acceptors (Lipinski definition) is 7. The monoisotopic (exact) mass is 578 g/mol. The Hall–Kier alpha value is -1.06. The molecule has 0 heterocycles. The average Bonchev–Trinajstić information content (AvgIpc) is 2.89. The average molecular weight is 579 g/mol. The summed E-state index contributed by atoms with van der Waals surface area (Å²) in [5.41, 5.74) is 0. The molecule has 0 aliphatic heterocycles. The van der Waals surface area contributed by atoms with E-state index in [9.17, 15) is 19.4 Å². The van der Waals surface area contributed by atoms with Crippen molar-refractivity contribution < 1.29 is 43.3 Å². The second-order valence-electron chi connectivity index (χ2n) is 10.9. The molecule has 0 aromatic carbocycles. The zero-order valence-electron chi connectivity index (χ0n) is 24.9. The molecule has 0 saturated heterocycles. The van der Waals surface area contributed by atoms with E-state index in [0.717, 1.165) is 25.7 Å². The molecule has 0 fully saturated rings. The normalized spacial score (nSPS) is 15.7. The summed E-state index contributed by atoms with van der Waals surface area (Å²) in [6.45, 7) is 3.25. The van der Waals surface area contributed by atoms with Crippen LogP contribution in [0.25, 0.3) is 0 Å². The predicted molar refractivity (Wildman–Crippen MR) is 156 cm³/mol. The number of carbonyl (C=O) groups is 1. The van der Waals surface area contributed by atoms with Crippen molar-refractivity contribution in [3.8, 4) is 0 Å². The molecule has 3 atom stereocenters. The largest absolute Gasteiger partial charge is 0.463 e. The molecule has 0 radical (unpaired) electrons. The van der Waals surface area contributed by atoms with Crippen molar-refractivity contribution in [2.75, 3.05) is 33.9 Å². The van der Waals surface area contributed by atoms with E-state index in [0.29, 0.717) is 6.42 Å². The predicted octanol–water partition coefficient (Wildman–Crippen LogP) is 5.42. The van der Waals surface area contributed by atoms with Crippen LogP contribution in [0.2, 0.25) is 0 Å². The van der Waals surface area contributed by atoms with Crippen molar-refractivity contribution in [3.63, 3.8) is 0 Å². The van der Waals surface area contributed by atoms with Crippen molar-refractivity contribution >= 4 is 13.6 Å². The lowest BCUT2D eigenvalue weighted by molar-refractivity contribution is -0.901. The van der Waals surface area contributed by atoms with Crippen LogP contribution in [0.15, 0.2) is 24.3 Å². The number of ether oxygens (including phenoxy) is 1. The highest BCUT2D eigenvalue weighted by Crippen LogP contribution is 2.50. The molecular weight excluding hydrogens is 521 g/mol. The van der Waals surface area contributed by atoms with E-state index in [1.165, 1.54) is 51.9 Å². The number of hydrogen-bond donors (Lipinski definition) is 4. The molecular formula is C29H57NO8P+. The molecule has 230 valence electrons. The Morgan fingerprint density at radius 2 is 1.36 bits per heavy atom. The third kappa shape index (κ3) is 21.4. The number of aliphatic hydroxyl groups excluding tert-OH is 2. The fourth-order valence-corrected chi connectivity index (χ4v) is 5.36. The Morgan fingerprint density at radius 3 is 1.87 bits per heavy atom. The fourth-order valence-electron chi connectivity index (χ4n) is 3.86. The minimum absolute atomic E-state index is 0.0303. The molecule has 0 aromatic rings. The van der Waals surface area contributed by atoms with Gasteiger partial charge in [0.05, 0.1) is 27.2 Å². The standard InChI is InChI=1S/C29H56NO8P/c1-5-6-7-8-9-10-11-12-13-14-15-16-17-18-19-20-21-29(34)37-24-27(31)25-38-39(35,36)26(2)30(3,4)23-22-28(32)33/h10-11,16-17,26-28,31-33H,5-9,12-15,18-25H2,1-4H3/p+1/b11-10-,17-16-/t26?,27-/m1/s1. The highest BCUT2D eigenvalue weighted by molar-refractivity contribution is 7.53. The molecule has 0 bridgehead atoms. The minimum atomic E-state index is -4.11. The first kappa shape index (κ1) is 37.9. The molecule has 0 saturated carbocycles. The maximum Gasteiger partial charge on any atom is 0.384 e. The molecule has 0 aliphatic carbocycles. The summed E-state index contributed by atoms with van der Waals surface area (Å²) in [5, 5.41) is 28.1. The van der Waals surface area contributed by atoms with Crippen LogP contribution >= 0.6 is 7.60 Å². The summed E-state index contributed by atoms with van der Waals surface area (Å²) in [5.74, 6) is -1.27. The Kier molecular flexibility index (Phi) is 22.0. The summed E-state index contributed by atoms with van der Waals surface area (Å²) in [4.78, 5) is 22.2. The van der Waals surface area contributed by atoms with E-state index in [1.54, 1.807) is 14.1 Å². The van der Waals surface area contributed by atoms with Crippen LogP contribution in [0.1, 0.15) is 104 Å². The molecule has 0 spiro atoms. The number of rotatable bonds is 25. The number of nitrogens with zero attached hydrogens (tertiary/aromatic N) is 1. The molecule has 0 aromatic heterocycles. The number of carbonyl (C=O) groups excluding carboxylic acids is 1. The molecule has 9 nitrogen and oxygen atoms in total. The highest BCUT2D eigenvalue weighted by atomic mass is 31.2. The van der Waals surface area contributed by atoms with Crippen LogP contribution in [0.5, 0.6) is 0 Å². The van der Waals surface area contributed by atoms with Crippen molar-refractivity contribution in [2.24, 2.45) is 0 Å². The Bertz CT molecular complexity index is 726. The van der Waals surface area contributed by atoms with Crippen molar-refractivity contribution in [2.45, 2.75) is 122 Å². The quantitative estimate of drug-likeness (QED) is 0.0282. The number of unbranched alkanes of at least 4 members (excludes halogenated alkanes) is 9. The van der Waals surface area contributed by atoms with E-state index in [4.69, 9.17) is 19.5 Å². The van der Waals surface area contributed by atoms with Crippen LogP contribution in [-0.4, -0.2) is 82.7 Å².